The van der Waals surface area contributed by atoms with Gasteiger partial charge in [0.2, 0.25) is 0 Å². The minimum absolute atomic E-state index is 0.214. The molecule has 0 bridgehead atoms. The van der Waals surface area contributed by atoms with Crippen LogP contribution in [0.15, 0.2) is 41.2 Å². The number of carbonyl (C=O) groups is 1. The first-order chi connectivity index (χ1) is 14.9. The first kappa shape index (κ1) is 21.9. The number of benzene rings is 1. The van der Waals surface area contributed by atoms with E-state index in [4.69, 9.17) is 6.57 Å². The summed E-state index contributed by atoms with van der Waals surface area (Å²) in [7, 11) is 0. The minimum atomic E-state index is -0.214. The third-order valence-electron chi connectivity index (χ3n) is 6.26. The van der Waals surface area contributed by atoms with Gasteiger partial charge in [0.1, 0.15) is 0 Å². The van der Waals surface area contributed by atoms with E-state index in [0.717, 1.165) is 50.1 Å². The summed E-state index contributed by atoms with van der Waals surface area (Å²) in [6, 6.07) is 6.44. The Morgan fingerprint density at radius 1 is 1.29 bits per heavy atom. The van der Waals surface area contributed by atoms with Gasteiger partial charge in [-0.2, -0.15) is 11.8 Å². The number of nitrogens with one attached hydrogen (secondary N) is 1. The van der Waals surface area contributed by atoms with E-state index in [1.54, 1.807) is 6.08 Å². The molecule has 1 saturated heterocycles. The van der Waals surface area contributed by atoms with Crippen molar-refractivity contribution in [3.63, 3.8) is 0 Å². The zero-order valence-corrected chi connectivity index (χ0v) is 19.2. The fourth-order valence-corrected chi connectivity index (χ4v) is 5.21. The molecule has 0 unspecified atom stereocenters. The molecule has 31 heavy (non-hydrogen) atoms. The first-order valence-corrected chi connectivity index (χ1v) is 12.2. The van der Waals surface area contributed by atoms with E-state index in [2.05, 4.69) is 52.1 Å². The number of nitrogens with zero attached hydrogens (tertiary/aromatic N) is 3. The van der Waals surface area contributed by atoms with E-state index in [0.29, 0.717) is 23.4 Å². The van der Waals surface area contributed by atoms with Crippen molar-refractivity contribution in [2.24, 2.45) is 10.4 Å². The quantitative estimate of drug-likeness (QED) is 0.634. The molecular weight excluding hydrogens is 404 g/mol. The molecular formula is C25H30N4OS. The van der Waals surface area contributed by atoms with E-state index in [-0.39, 0.29) is 5.91 Å². The van der Waals surface area contributed by atoms with Crippen molar-refractivity contribution in [1.82, 2.24) is 4.90 Å². The van der Waals surface area contributed by atoms with Crippen molar-refractivity contribution in [1.29, 1.82) is 0 Å². The Balaban J connectivity index is 1.58. The summed E-state index contributed by atoms with van der Waals surface area (Å²) in [6.45, 7) is 14.9. The Hall–Kier alpha value is -2.36. The van der Waals surface area contributed by atoms with Crippen molar-refractivity contribution in [3.05, 3.63) is 58.7 Å². The number of rotatable bonds is 5. The summed E-state index contributed by atoms with van der Waals surface area (Å²) in [6.07, 6.45) is 7.68. The lowest BCUT2D eigenvalue weighted by Gasteiger charge is -2.30. The molecule has 1 amide bonds. The number of hydrogen-bond donors (Lipinski definition) is 1. The van der Waals surface area contributed by atoms with Gasteiger partial charge in [-0.3, -0.25) is 9.69 Å². The van der Waals surface area contributed by atoms with Gasteiger partial charge in [-0.15, -0.1) is 4.99 Å². The highest BCUT2D eigenvalue weighted by molar-refractivity contribution is 7.99. The highest BCUT2D eigenvalue weighted by atomic mass is 32.2. The summed E-state index contributed by atoms with van der Waals surface area (Å²) >= 11 is 2.03. The molecule has 4 rings (SSSR count). The SMILES string of the molecule is [C-]#[N+]C1=CCC(C(=O)Nc2ccc(CN3CCSCC3)cc2C2=CCC(C)(C)CC2)=N1. The van der Waals surface area contributed by atoms with Crippen LogP contribution in [0.1, 0.15) is 50.7 Å². The maximum absolute atomic E-state index is 12.8. The van der Waals surface area contributed by atoms with Gasteiger partial charge < -0.3 is 10.2 Å². The topological polar surface area (TPSA) is 49.1 Å². The van der Waals surface area contributed by atoms with Crippen LogP contribution >= 0.6 is 11.8 Å². The fourth-order valence-electron chi connectivity index (χ4n) is 4.23. The molecule has 1 N–H and O–H groups in total. The lowest BCUT2D eigenvalue weighted by atomic mass is 9.76. The largest absolute Gasteiger partial charge is 0.361 e. The van der Waals surface area contributed by atoms with Crippen molar-refractivity contribution in [3.8, 4) is 0 Å². The minimum Gasteiger partial charge on any atom is -0.361 e. The lowest BCUT2D eigenvalue weighted by Crippen LogP contribution is -2.32. The first-order valence-electron chi connectivity index (χ1n) is 11.0. The Morgan fingerprint density at radius 2 is 2.10 bits per heavy atom. The molecule has 0 spiro atoms. The van der Waals surface area contributed by atoms with Crippen LogP contribution in [0.5, 0.6) is 0 Å². The molecule has 1 aromatic rings. The van der Waals surface area contributed by atoms with Crippen LogP contribution in [0.4, 0.5) is 5.69 Å². The molecule has 1 fully saturated rings. The van der Waals surface area contributed by atoms with Crippen LogP contribution in [0, 0.1) is 12.0 Å². The van der Waals surface area contributed by atoms with Gasteiger partial charge >= 0.3 is 0 Å². The zero-order chi connectivity index (χ0) is 21.8. The average Bonchev–Trinajstić information content (AvgIpc) is 3.25. The Bertz CT molecular complexity index is 993. The molecule has 2 heterocycles. The van der Waals surface area contributed by atoms with E-state index in [1.165, 1.54) is 22.6 Å². The third kappa shape index (κ3) is 5.47. The monoisotopic (exact) mass is 434 g/mol. The summed E-state index contributed by atoms with van der Waals surface area (Å²) < 4.78 is 0. The number of carbonyl (C=O) groups excluding carboxylic acids is 1. The van der Waals surface area contributed by atoms with Gasteiger partial charge in [-0.1, -0.05) is 38.6 Å². The van der Waals surface area contributed by atoms with Crippen LogP contribution in [-0.2, 0) is 11.3 Å². The normalized spacial score (nSPS) is 21.0. The molecule has 1 aromatic carbocycles. The smallest absolute Gasteiger partial charge is 0.293 e. The van der Waals surface area contributed by atoms with Crippen molar-refractivity contribution in [2.45, 2.75) is 46.1 Å². The van der Waals surface area contributed by atoms with E-state index in [9.17, 15) is 4.79 Å². The molecule has 162 valence electrons. The zero-order valence-electron chi connectivity index (χ0n) is 18.4. The second-order valence-corrected chi connectivity index (χ2v) is 10.5. The summed E-state index contributed by atoms with van der Waals surface area (Å²) in [5, 5.41) is 3.08. The fraction of sp³-hybridized carbons (Fsp3) is 0.480. The van der Waals surface area contributed by atoms with Crippen LogP contribution < -0.4 is 5.32 Å². The molecule has 5 nitrogen and oxygen atoms in total. The van der Waals surface area contributed by atoms with E-state index >= 15 is 0 Å². The molecule has 3 aliphatic rings. The number of amides is 1. The lowest BCUT2D eigenvalue weighted by molar-refractivity contribution is -0.110. The van der Waals surface area contributed by atoms with Gasteiger partial charge in [-0.05, 0) is 47.9 Å². The number of allylic oxidation sites excluding steroid dienone is 3. The number of anilines is 1. The molecule has 1 aliphatic carbocycles. The van der Waals surface area contributed by atoms with E-state index < -0.39 is 0 Å². The average molecular weight is 435 g/mol. The Morgan fingerprint density at radius 3 is 2.77 bits per heavy atom. The second kappa shape index (κ2) is 9.42. The highest BCUT2D eigenvalue weighted by Crippen LogP contribution is 2.40. The van der Waals surface area contributed by atoms with Crippen molar-refractivity contribution in [2.75, 3.05) is 29.9 Å². The molecule has 2 aliphatic heterocycles. The van der Waals surface area contributed by atoms with Gasteiger partial charge in [0.15, 0.2) is 5.71 Å². The van der Waals surface area contributed by atoms with Gasteiger partial charge in [0, 0.05) is 48.8 Å². The van der Waals surface area contributed by atoms with Gasteiger partial charge in [0.25, 0.3) is 11.7 Å². The predicted octanol–water partition coefficient (Wildman–Crippen LogP) is 5.37. The number of thioether (sulfide) groups is 1. The maximum atomic E-state index is 12.8. The molecule has 0 radical (unpaired) electrons. The Kier molecular flexibility index (Phi) is 6.64. The Labute approximate surface area is 189 Å². The summed E-state index contributed by atoms with van der Waals surface area (Å²) in [5.41, 5.74) is 5.32. The standard InChI is InChI=1S/C25H30N4OS/c1-25(2)10-8-19(9-11-25)20-16-18(17-29-12-14-31-15-13-29)4-5-21(20)28-24(30)22-6-7-23(26-3)27-22/h4-5,7-8,16H,6,9-15,17H2,1-2H3,(H,28,30). The third-order valence-corrected chi connectivity index (χ3v) is 7.21. The summed E-state index contributed by atoms with van der Waals surface area (Å²) in [5.74, 6) is 2.49. The van der Waals surface area contributed by atoms with E-state index in [1.807, 2.05) is 17.8 Å². The van der Waals surface area contributed by atoms with Crippen LogP contribution in [0.3, 0.4) is 0 Å². The summed E-state index contributed by atoms with van der Waals surface area (Å²) in [4.78, 5) is 22.8. The van der Waals surface area contributed by atoms with Gasteiger partial charge in [0.05, 0.1) is 0 Å². The second-order valence-electron chi connectivity index (χ2n) is 9.26. The predicted molar refractivity (Wildman–Crippen MR) is 130 cm³/mol. The highest BCUT2D eigenvalue weighted by Gasteiger charge is 2.25. The number of hydrogen-bond acceptors (Lipinski definition) is 4. The van der Waals surface area contributed by atoms with Crippen LogP contribution in [0.25, 0.3) is 10.4 Å². The number of aliphatic imine (C=N–C) groups is 1. The maximum Gasteiger partial charge on any atom is 0.293 e. The van der Waals surface area contributed by atoms with Crippen molar-refractivity contribution < 1.29 is 4.79 Å². The van der Waals surface area contributed by atoms with Gasteiger partial charge in [-0.25, -0.2) is 0 Å². The molecule has 0 aromatic heterocycles. The van der Waals surface area contributed by atoms with Crippen LogP contribution in [0.2, 0.25) is 0 Å². The molecule has 0 atom stereocenters. The molecule has 0 saturated carbocycles. The molecule has 6 heteroatoms. The van der Waals surface area contributed by atoms with Crippen LogP contribution in [-0.4, -0.2) is 41.1 Å². The van der Waals surface area contributed by atoms with Crippen molar-refractivity contribution >= 4 is 34.6 Å².